The summed E-state index contributed by atoms with van der Waals surface area (Å²) in [4.78, 5) is 13.0. The molecule has 1 aliphatic heterocycles. The van der Waals surface area contributed by atoms with Gasteiger partial charge in [-0.05, 0) is 36.6 Å². The van der Waals surface area contributed by atoms with E-state index in [0.29, 0.717) is 17.5 Å². The van der Waals surface area contributed by atoms with E-state index in [1.807, 2.05) is 0 Å². The molecule has 2 aromatic rings. The van der Waals surface area contributed by atoms with Gasteiger partial charge in [-0.15, -0.1) is 0 Å². The van der Waals surface area contributed by atoms with Crippen molar-refractivity contribution in [2.45, 2.75) is 31.6 Å². The number of rotatable bonds is 5. The Bertz CT molecular complexity index is 933. The zero-order valence-corrected chi connectivity index (χ0v) is 15.6. The third kappa shape index (κ3) is 3.84. The van der Waals surface area contributed by atoms with Crippen molar-refractivity contribution in [3.05, 3.63) is 70.8 Å². The Morgan fingerprint density at radius 3 is 2.19 bits per heavy atom. The minimum Gasteiger partial charge on any atom is -0.478 e. The van der Waals surface area contributed by atoms with Crippen LogP contribution in [-0.2, 0) is 26.4 Å². The number of halogens is 2. The van der Waals surface area contributed by atoms with Crippen LogP contribution >= 0.6 is 0 Å². The first-order chi connectivity index (χ1) is 12.7. The molecule has 0 spiro atoms. The van der Waals surface area contributed by atoms with Gasteiger partial charge in [-0.25, -0.2) is 13.0 Å². The number of Topliss-reactive ketones (excluding diaryl/α,β-unsaturated/α-hetero) is 1. The molecular formula is C20H18F2O4S. The normalized spacial score (nSPS) is 20.7. The average molecular weight is 392 g/mol. The highest BCUT2D eigenvalue weighted by atomic mass is 32.2. The van der Waals surface area contributed by atoms with Crippen LogP contribution in [0.25, 0.3) is 11.3 Å². The summed E-state index contributed by atoms with van der Waals surface area (Å²) in [6.45, 7) is 3.44. The van der Waals surface area contributed by atoms with Gasteiger partial charge in [0.2, 0.25) is 5.78 Å². The van der Waals surface area contributed by atoms with Crippen LogP contribution in [0.5, 0.6) is 0 Å². The second-order valence-electron chi connectivity index (χ2n) is 6.54. The summed E-state index contributed by atoms with van der Waals surface area (Å²) in [7, 11) is 0. The van der Waals surface area contributed by atoms with Crippen LogP contribution in [0.4, 0.5) is 8.78 Å². The second kappa shape index (κ2) is 7.32. The largest absolute Gasteiger partial charge is 0.478 e. The van der Waals surface area contributed by atoms with E-state index in [1.165, 1.54) is 0 Å². The zero-order valence-electron chi connectivity index (χ0n) is 14.8. The number of ether oxygens (including phenoxy) is 1. The number of carbonyl (C=O) groups is 1. The Labute approximate surface area is 158 Å². The summed E-state index contributed by atoms with van der Waals surface area (Å²) in [6.07, 6.45) is 0.387. The van der Waals surface area contributed by atoms with Gasteiger partial charge in [0, 0.05) is 11.6 Å². The monoisotopic (exact) mass is 392 g/mol. The lowest BCUT2D eigenvalue weighted by molar-refractivity contribution is -0.126. The summed E-state index contributed by atoms with van der Waals surface area (Å²) >= 11 is -1.97. The van der Waals surface area contributed by atoms with Crippen molar-refractivity contribution in [2.75, 3.05) is 0 Å². The zero-order chi connectivity index (χ0) is 19.8. The van der Waals surface area contributed by atoms with E-state index in [1.54, 1.807) is 38.1 Å². The quantitative estimate of drug-likeness (QED) is 0.770. The van der Waals surface area contributed by atoms with E-state index in [-0.39, 0.29) is 28.4 Å². The molecule has 0 aromatic heterocycles. The molecule has 142 valence electrons. The summed E-state index contributed by atoms with van der Waals surface area (Å²) in [5.41, 5.74) is 0.300. The van der Waals surface area contributed by atoms with Crippen molar-refractivity contribution in [3.63, 3.8) is 0 Å². The van der Waals surface area contributed by atoms with E-state index >= 15 is 0 Å². The second-order valence-corrected chi connectivity index (χ2v) is 7.47. The van der Waals surface area contributed by atoms with Crippen LogP contribution in [-0.4, -0.2) is 20.1 Å². The van der Waals surface area contributed by atoms with Gasteiger partial charge in [0.25, 0.3) is 0 Å². The Morgan fingerprint density at radius 2 is 1.67 bits per heavy atom. The topological polar surface area (TPSA) is 63.6 Å². The molecule has 0 saturated heterocycles. The highest BCUT2D eigenvalue weighted by Crippen LogP contribution is 2.43. The first-order valence-corrected chi connectivity index (χ1v) is 9.62. The summed E-state index contributed by atoms with van der Waals surface area (Å²) < 4.78 is 53.3. The van der Waals surface area contributed by atoms with E-state index in [0.717, 1.165) is 18.2 Å². The molecule has 0 fully saturated rings. The molecule has 0 saturated carbocycles. The molecule has 1 N–H and O–H groups in total. The van der Waals surface area contributed by atoms with Gasteiger partial charge in [0.15, 0.2) is 16.7 Å². The molecule has 0 radical (unpaired) electrons. The van der Waals surface area contributed by atoms with Crippen molar-refractivity contribution >= 4 is 28.2 Å². The first-order valence-electron chi connectivity index (χ1n) is 8.35. The maximum atomic E-state index is 13.7. The van der Waals surface area contributed by atoms with Gasteiger partial charge < -0.3 is 9.29 Å². The smallest absolute Gasteiger partial charge is 0.210 e. The molecule has 2 aromatic carbocycles. The molecule has 2 atom stereocenters. The maximum Gasteiger partial charge on any atom is 0.210 e. The third-order valence-electron chi connectivity index (χ3n) is 4.59. The van der Waals surface area contributed by atoms with Crippen LogP contribution in [0.3, 0.4) is 0 Å². The lowest BCUT2D eigenvalue weighted by Crippen LogP contribution is -2.32. The van der Waals surface area contributed by atoms with Crippen LogP contribution in [0.1, 0.15) is 37.0 Å². The SMILES string of the molecule is CCC1(C)OC(c2ccc(CS(=O)O)cc2)=C(c2cc(F)cc(F)c2)C1=O. The van der Waals surface area contributed by atoms with E-state index in [9.17, 15) is 17.8 Å². The molecule has 1 aliphatic rings. The van der Waals surface area contributed by atoms with Crippen molar-refractivity contribution in [3.8, 4) is 0 Å². The number of carbonyl (C=O) groups excluding carboxylic acids is 1. The summed E-state index contributed by atoms with van der Waals surface area (Å²) in [5, 5.41) is 0. The highest BCUT2D eigenvalue weighted by Gasteiger charge is 2.45. The Morgan fingerprint density at radius 1 is 1.07 bits per heavy atom. The molecule has 4 nitrogen and oxygen atoms in total. The van der Waals surface area contributed by atoms with E-state index in [4.69, 9.17) is 9.29 Å². The number of hydrogen-bond acceptors (Lipinski definition) is 3. The molecule has 27 heavy (non-hydrogen) atoms. The molecule has 1 heterocycles. The Kier molecular flexibility index (Phi) is 5.26. The summed E-state index contributed by atoms with van der Waals surface area (Å²) in [6, 6.07) is 9.55. The third-order valence-corrected chi connectivity index (χ3v) is 5.17. The van der Waals surface area contributed by atoms with Crippen LogP contribution in [0.15, 0.2) is 42.5 Å². The van der Waals surface area contributed by atoms with Crippen molar-refractivity contribution in [1.29, 1.82) is 0 Å². The van der Waals surface area contributed by atoms with E-state index < -0.39 is 28.3 Å². The fourth-order valence-electron chi connectivity index (χ4n) is 2.98. The maximum absolute atomic E-state index is 13.7. The first kappa shape index (κ1) is 19.4. The minimum absolute atomic E-state index is 0.0201. The van der Waals surface area contributed by atoms with E-state index in [2.05, 4.69) is 0 Å². The fourth-order valence-corrected chi connectivity index (χ4v) is 3.46. The lowest BCUT2D eigenvalue weighted by atomic mass is 9.90. The van der Waals surface area contributed by atoms with Crippen molar-refractivity contribution in [2.24, 2.45) is 0 Å². The molecule has 7 heteroatoms. The van der Waals surface area contributed by atoms with Crippen LogP contribution < -0.4 is 0 Å². The molecule has 3 rings (SSSR count). The van der Waals surface area contributed by atoms with Gasteiger partial charge in [-0.3, -0.25) is 4.79 Å². The Balaban J connectivity index is 2.13. The summed E-state index contributed by atoms with van der Waals surface area (Å²) in [5.74, 6) is -1.68. The van der Waals surface area contributed by atoms with Gasteiger partial charge in [0.1, 0.15) is 17.4 Å². The number of hydrogen-bond donors (Lipinski definition) is 1. The molecular weight excluding hydrogens is 374 g/mol. The van der Waals surface area contributed by atoms with Crippen LogP contribution in [0.2, 0.25) is 0 Å². The van der Waals surface area contributed by atoms with Gasteiger partial charge in [-0.1, -0.05) is 31.2 Å². The standard InChI is InChI=1S/C20H18F2O4S/c1-3-20(2)19(23)17(14-8-15(21)10-16(22)9-14)18(26-20)13-6-4-12(5-7-13)11-27(24)25/h4-10H,3,11H2,1-2H3,(H,24,25). The predicted molar refractivity (Wildman–Crippen MR) is 98.9 cm³/mol. The molecule has 0 aliphatic carbocycles. The lowest BCUT2D eigenvalue weighted by Gasteiger charge is -2.21. The van der Waals surface area contributed by atoms with Gasteiger partial charge >= 0.3 is 0 Å². The predicted octanol–water partition coefficient (Wildman–Crippen LogP) is 4.32. The molecule has 0 bridgehead atoms. The number of ketones is 1. The molecule has 2 unspecified atom stereocenters. The Hall–Kier alpha value is -2.38. The average Bonchev–Trinajstić information content (AvgIpc) is 2.86. The minimum atomic E-state index is -1.97. The number of benzene rings is 2. The van der Waals surface area contributed by atoms with Gasteiger partial charge in [0.05, 0.1) is 11.3 Å². The van der Waals surface area contributed by atoms with Crippen molar-refractivity contribution < 1.29 is 27.1 Å². The van der Waals surface area contributed by atoms with Crippen LogP contribution in [0, 0.1) is 11.6 Å². The highest BCUT2D eigenvalue weighted by molar-refractivity contribution is 7.78. The fraction of sp³-hybridized carbons (Fsp3) is 0.250. The van der Waals surface area contributed by atoms with Crippen molar-refractivity contribution in [1.82, 2.24) is 0 Å². The van der Waals surface area contributed by atoms with Gasteiger partial charge in [-0.2, -0.15) is 0 Å². The molecule has 0 amide bonds.